The van der Waals surface area contributed by atoms with Crippen molar-refractivity contribution in [3.05, 3.63) is 58.6 Å². The molecule has 0 radical (unpaired) electrons. The third-order valence-corrected chi connectivity index (χ3v) is 3.67. The van der Waals surface area contributed by atoms with E-state index in [1.807, 2.05) is 31.2 Å². The molecule has 0 aliphatic heterocycles. The molecule has 0 saturated heterocycles. The summed E-state index contributed by atoms with van der Waals surface area (Å²) in [7, 11) is 1.66. The summed E-state index contributed by atoms with van der Waals surface area (Å²) in [6, 6.07) is 14.1. The van der Waals surface area contributed by atoms with Gasteiger partial charge in [-0.1, -0.05) is 23.7 Å². The summed E-state index contributed by atoms with van der Waals surface area (Å²) in [5, 5.41) is 3.09. The average molecular weight is 321 g/mol. The standard InChI is InChI=1S/C18H22ClNO2/c1-3-22-18-12-15(7-8-17(18)21-2)13-20-10-9-14-5-4-6-16(19)11-14/h4-8,11-12,20H,3,9-10,13H2,1-2H3/p+1. The lowest BCUT2D eigenvalue weighted by Crippen LogP contribution is -2.83. The minimum atomic E-state index is 0.637. The summed E-state index contributed by atoms with van der Waals surface area (Å²) in [6.45, 7) is 4.56. The summed E-state index contributed by atoms with van der Waals surface area (Å²) in [5.74, 6) is 1.59. The van der Waals surface area contributed by atoms with Gasteiger partial charge in [0.15, 0.2) is 11.5 Å². The molecule has 3 nitrogen and oxygen atoms in total. The number of halogens is 1. The Morgan fingerprint density at radius 2 is 1.91 bits per heavy atom. The van der Waals surface area contributed by atoms with Crippen LogP contribution in [0.15, 0.2) is 42.5 Å². The molecule has 0 unspecified atom stereocenters. The fourth-order valence-electron chi connectivity index (χ4n) is 2.35. The molecule has 4 heteroatoms. The van der Waals surface area contributed by atoms with Crippen molar-refractivity contribution in [3.8, 4) is 11.5 Å². The van der Waals surface area contributed by atoms with Crippen LogP contribution >= 0.6 is 11.6 Å². The number of methoxy groups -OCH3 is 1. The van der Waals surface area contributed by atoms with Crippen LogP contribution in [0.5, 0.6) is 11.5 Å². The number of hydrogen-bond donors (Lipinski definition) is 1. The van der Waals surface area contributed by atoms with Crippen molar-refractivity contribution in [3.63, 3.8) is 0 Å². The van der Waals surface area contributed by atoms with Gasteiger partial charge in [0.05, 0.1) is 20.3 Å². The van der Waals surface area contributed by atoms with Crippen molar-refractivity contribution >= 4 is 11.6 Å². The van der Waals surface area contributed by atoms with Crippen LogP contribution in [0.2, 0.25) is 5.02 Å². The van der Waals surface area contributed by atoms with Crippen LogP contribution in [-0.4, -0.2) is 20.3 Å². The second-order valence-electron chi connectivity index (χ2n) is 5.08. The van der Waals surface area contributed by atoms with Crippen LogP contribution in [0.25, 0.3) is 0 Å². The molecular weight excluding hydrogens is 298 g/mol. The van der Waals surface area contributed by atoms with Crippen LogP contribution in [0, 0.1) is 0 Å². The number of hydrogen-bond acceptors (Lipinski definition) is 2. The third-order valence-electron chi connectivity index (χ3n) is 3.43. The molecule has 0 bridgehead atoms. The Labute approximate surface area is 137 Å². The summed E-state index contributed by atoms with van der Waals surface area (Å²) in [6.07, 6.45) is 1.01. The molecule has 2 aromatic rings. The molecule has 2 aromatic carbocycles. The van der Waals surface area contributed by atoms with E-state index in [0.717, 1.165) is 36.0 Å². The lowest BCUT2D eigenvalue weighted by Gasteiger charge is -2.10. The van der Waals surface area contributed by atoms with Crippen molar-refractivity contribution in [2.45, 2.75) is 19.9 Å². The molecule has 0 aromatic heterocycles. The fourth-order valence-corrected chi connectivity index (χ4v) is 2.56. The van der Waals surface area contributed by atoms with Crippen molar-refractivity contribution < 1.29 is 14.8 Å². The average Bonchev–Trinajstić information content (AvgIpc) is 2.52. The van der Waals surface area contributed by atoms with E-state index in [2.05, 4.69) is 23.5 Å². The molecule has 118 valence electrons. The highest BCUT2D eigenvalue weighted by Gasteiger charge is 2.06. The van der Waals surface area contributed by atoms with E-state index >= 15 is 0 Å². The number of nitrogens with two attached hydrogens (primary N) is 1. The Bertz CT molecular complexity index is 601. The first kappa shape index (κ1) is 16.7. The quantitative estimate of drug-likeness (QED) is 0.759. The van der Waals surface area contributed by atoms with Crippen LogP contribution in [0.4, 0.5) is 0 Å². The van der Waals surface area contributed by atoms with Crippen LogP contribution in [0.1, 0.15) is 18.1 Å². The van der Waals surface area contributed by atoms with E-state index in [4.69, 9.17) is 21.1 Å². The SMILES string of the molecule is CCOc1cc(C[NH2+]CCc2cccc(Cl)c2)ccc1OC. The topological polar surface area (TPSA) is 35.1 Å². The van der Waals surface area contributed by atoms with Gasteiger partial charge in [-0.15, -0.1) is 0 Å². The molecule has 0 aliphatic carbocycles. The molecule has 2 N–H and O–H groups in total. The molecule has 0 saturated carbocycles. The molecule has 0 spiro atoms. The second kappa shape index (κ2) is 8.66. The lowest BCUT2D eigenvalue weighted by molar-refractivity contribution is -0.670. The van der Waals surface area contributed by atoms with Crippen molar-refractivity contribution in [1.29, 1.82) is 0 Å². The zero-order chi connectivity index (χ0) is 15.8. The van der Waals surface area contributed by atoms with Gasteiger partial charge in [-0.05, 0) is 42.8 Å². The first-order chi connectivity index (χ1) is 10.7. The van der Waals surface area contributed by atoms with E-state index in [0.29, 0.717) is 6.61 Å². The van der Waals surface area contributed by atoms with Gasteiger partial charge in [0.25, 0.3) is 0 Å². The molecule has 0 amide bonds. The van der Waals surface area contributed by atoms with Gasteiger partial charge in [0.2, 0.25) is 0 Å². The third kappa shape index (κ3) is 4.93. The van der Waals surface area contributed by atoms with Gasteiger partial charge in [-0.3, -0.25) is 0 Å². The van der Waals surface area contributed by atoms with E-state index < -0.39 is 0 Å². The van der Waals surface area contributed by atoms with Gasteiger partial charge in [-0.25, -0.2) is 0 Å². The number of rotatable bonds is 8. The Morgan fingerprint density at radius 1 is 1.05 bits per heavy atom. The van der Waals surface area contributed by atoms with Gasteiger partial charge in [0.1, 0.15) is 6.54 Å². The van der Waals surface area contributed by atoms with E-state index in [-0.39, 0.29) is 0 Å². The van der Waals surface area contributed by atoms with E-state index in [9.17, 15) is 0 Å². The van der Waals surface area contributed by atoms with Crippen molar-refractivity contribution in [2.75, 3.05) is 20.3 Å². The minimum Gasteiger partial charge on any atom is -0.493 e. The van der Waals surface area contributed by atoms with Gasteiger partial charge in [0, 0.05) is 17.0 Å². The summed E-state index contributed by atoms with van der Waals surface area (Å²) in [5.41, 5.74) is 2.50. The molecule has 0 heterocycles. The van der Waals surface area contributed by atoms with Crippen molar-refractivity contribution in [1.82, 2.24) is 0 Å². The molecular formula is C18H23ClNO2+. The minimum absolute atomic E-state index is 0.637. The fraction of sp³-hybridized carbons (Fsp3) is 0.333. The van der Waals surface area contributed by atoms with Crippen LogP contribution in [-0.2, 0) is 13.0 Å². The maximum atomic E-state index is 5.99. The maximum absolute atomic E-state index is 5.99. The molecule has 0 atom stereocenters. The van der Waals surface area contributed by atoms with E-state index in [1.54, 1.807) is 7.11 Å². The number of ether oxygens (including phenoxy) is 2. The molecule has 0 aliphatic rings. The van der Waals surface area contributed by atoms with Gasteiger partial charge in [-0.2, -0.15) is 0 Å². The van der Waals surface area contributed by atoms with Gasteiger partial charge < -0.3 is 14.8 Å². The summed E-state index contributed by atoms with van der Waals surface area (Å²) in [4.78, 5) is 0. The first-order valence-corrected chi connectivity index (χ1v) is 7.96. The zero-order valence-electron chi connectivity index (χ0n) is 13.1. The van der Waals surface area contributed by atoms with Crippen LogP contribution < -0.4 is 14.8 Å². The smallest absolute Gasteiger partial charge is 0.161 e. The van der Waals surface area contributed by atoms with Crippen LogP contribution in [0.3, 0.4) is 0 Å². The van der Waals surface area contributed by atoms with Gasteiger partial charge >= 0.3 is 0 Å². The number of quaternary nitrogens is 1. The highest BCUT2D eigenvalue weighted by atomic mass is 35.5. The molecule has 0 fully saturated rings. The van der Waals surface area contributed by atoms with Crippen molar-refractivity contribution in [2.24, 2.45) is 0 Å². The maximum Gasteiger partial charge on any atom is 0.161 e. The number of benzene rings is 2. The Hall–Kier alpha value is -1.71. The predicted octanol–water partition coefficient (Wildman–Crippen LogP) is 3.05. The summed E-state index contributed by atoms with van der Waals surface area (Å²) < 4.78 is 10.9. The Morgan fingerprint density at radius 3 is 2.64 bits per heavy atom. The highest BCUT2D eigenvalue weighted by Crippen LogP contribution is 2.27. The monoisotopic (exact) mass is 320 g/mol. The zero-order valence-corrected chi connectivity index (χ0v) is 13.9. The lowest BCUT2D eigenvalue weighted by atomic mass is 10.1. The highest BCUT2D eigenvalue weighted by molar-refractivity contribution is 6.30. The summed E-state index contributed by atoms with van der Waals surface area (Å²) >= 11 is 5.99. The first-order valence-electron chi connectivity index (χ1n) is 7.58. The predicted molar refractivity (Wildman–Crippen MR) is 89.8 cm³/mol. The Balaban J connectivity index is 1.85. The molecule has 2 rings (SSSR count). The molecule has 22 heavy (non-hydrogen) atoms. The largest absolute Gasteiger partial charge is 0.493 e. The normalized spacial score (nSPS) is 10.5. The van der Waals surface area contributed by atoms with E-state index in [1.165, 1.54) is 11.1 Å². The Kier molecular flexibility index (Phi) is 6.56. The second-order valence-corrected chi connectivity index (χ2v) is 5.52.